The number of aromatic nitrogens is 1. The molecule has 1 saturated heterocycles. The Morgan fingerprint density at radius 1 is 1.22 bits per heavy atom. The van der Waals surface area contributed by atoms with E-state index in [1.807, 2.05) is 32.1 Å². The van der Waals surface area contributed by atoms with E-state index in [9.17, 15) is 4.79 Å². The Morgan fingerprint density at radius 3 is 2.63 bits per heavy atom. The molecule has 3 rings (SSSR count). The molecule has 0 unspecified atom stereocenters. The molecule has 6 nitrogen and oxygen atoms in total. The number of carbonyl (C=O) groups is 1. The van der Waals surface area contributed by atoms with Crippen molar-refractivity contribution in [1.29, 1.82) is 0 Å². The maximum atomic E-state index is 12.6. The number of nitrogens with zero attached hydrogens (tertiary/aromatic N) is 4. The van der Waals surface area contributed by atoms with Gasteiger partial charge in [0.25, 0.3) is 5.91 Å². The number of pyridine rings is 1. The van der Waals surface area contributed by atoms with Gasteiger partial charge in [0.15, 0.2) is 0 Å². The van der Waals surface area contributed by atoms with Gasteiger partial charge in [-0.25, -0.2) is 4.98 Å². The van der Waals surface area contributed by atoms with Gasteiger partial charge in [0.1, 0.15) is 5.82 Å². The summed E-state index contributed by atoms with van der Waals surface area (Å²) in [4.78, 5) is 22.9. The lowest BCUT2D eigenvalue weighted by molar-refractivity contribution is 0.0302. The predicted octanol–water partition coefficient (Wildman–Crippen LogP) is 2.91. The monoisotopic (exact) mass is 388 g/mol. The maximum Gasteiger partial charge on any atom is 0.255 e. The molecule has 144 valence electrons. The average Bonchev–Trinajstić information content (AvgIpc) is 2.68. The van der Waals surface area contributed by atoms with Crippen molar-refractivity contribution in [1.82, 2.24) is 9.88 Å². The Hall–Kier alpha value is -2.31. The first-order chi connectivity index (χ1) is 13.0. The van der Waals surface area contributed by atoms with E-state index in [1.165, 1.54) is 0 Å². The predicted molar refractivity (Wildman–Crippen MR) is 109 cm³/mol. The molecule has 0 N–H and O–H groups in total. The van der Waals surface area contributed by atoms with Gasteiger partial charge < -0.3 is 19.4 Å². The second-order valence-corrected chi connectivity index (χ2v) is 7.26. The molecule has 1 fully saturated rings. The molecular formula is C20H25ClN4O2. The minimum atomic E-state index is -0.0550. The van der Waals surface area contributed by atoms with Crippen LogP contribution in [0.1, 0.15) is 15.9 Å². The zero-order valence-corrected chi connectivity index (χ0v) is 16.7. The summed E-state index contributed by atoms with van der Waals surface area (Å²) < 4.78 is 5.29. The highest BCUT2D eigenvalue weighted by molar-refractivity contribution is 6.33. The lowest BCUT2D eigenvalue weighted by Gasteiger charge is -2.27. The fraction of sp³-hybridized carbons (Fsp3) is 0.400. The van der Waals surface area contributed by atoms with Gasteiger partial charge in [0, 0.05) is 52.7 Å². The van der Waals surface area contributed by atoms with Crippen molar-refractivity contribution in [3.63, 3.8) is 0 Å². The van der Waals surface area contributed by atoms with E-state index in [-0.39, 0.29) is 5.91 Å². The van der Waals surface area contributed by atoms with Crippen molar-refractivity contribution in [2.45, 2.75) is 6.54 Å². The van der Waals surface area contributed by atoms with Gasteiger partial charge in [0.2, 0.25) is 0 Å². The van der Waals surface area contributed by atoms with Crippen LogP contribution in [0.2, 0.25) is 5.02 Å². The fourth-order valence-electron chi connectivity index (χ4n) is 3.06. The van der Waals surface area contributed by atoms with Gasteiger partial charge in [-0.2, -0.15) is 0 Å². The van der Waals surface area contributed by atoms with E-state index in [4.69, 9.17) is 16.3 Å². The quantitative estimate of drug-likeness (QED) is 0.788. The second kappa shape index (κ2) is 8.59. The van der Waals surface area contributed by atoms with Crippen LogP contribution in [0.5, 0.6) is 0 Å². The lowest BCUT2D eigenvalue weighted by Crippen LogP contribution is -2.40. The van der Waals surface area contributed by atoms with Gasteiger partial charge >= 0.3 is 0 Å². The maximum absolute atomic E-state index is 12.6. The van der Waals surface area contributed by atoms with Crippen LogP contribution >= 0.6 is 11.6 Å². The van der Waals surface area contributed by atoms with Crippen molar-refractivity contribution >= 4 is 29.0 Å². The zero-order chi connectivity index (χ0) is 19.4. The van der Waals surface area contributed by atoms with E-state index < -0.39 is 0 Å². The first kappa shape index (κ1) is 19.5. The van der Waals surface area contributed by atoms with Crippen LogP contribution in [0.25, 0.3) is 0 Å². The van der Waals surface area contributed by atoms with Crippen molar-refractivity contribution in [2.24, 2.45) is 0 Å². The van der Waals surface area contributed by atoms with Crippen LogP contribution < -0.4 is 9.80 Å². The topological polar surface area (TPSA) is 48.9 Å². The molecular weight excluding hydrogens is 364 g/mol. The molecule has 7 heteroatoms. The highest BCUT2D eigenvalue weighted by atomic mass is 35.5. The van der Waals surface area contributed by atoms with E-state index >= 15 is 0 Å². The van der Waals surface area contributed by atoms with Crippen molar-refractivity contribution < 1.29 is 9.53 Å². The molecule has 1 aromatic heterocycles. The van der Waals surface area contributed by atoms with Crippen molar-refractivity contribution in [2.75, 3.05) is 57.2 Å². The van der Waals surface area contributed by atoms with Gasteiger partial charge in [-0.3, -0.25) is 4.79 Å². The Labute approximate surface area is 165 Å². The number of hydrogen-bond acceptors (Lipinski definition) is 5. The Balaban J connectivity index is 1.73. The summed E-state index contributed by atoms with van der Waals surface area (Å²) in [6, 6.07) is 10.0. The summed E-state index contributed by atoms with van der Waals surface area (Å²) in [5.74, 6) is 0.603. The summed E-state index contributed by atoms with van der Waals surface area (Å²) in [6.45, 7) is 3.01. The third-order valence-corrected chi connectivity index (χ3v) is 4.85. The second-order valence-electron chi connectivity index (χ2n) is 6.85. The van der Waals surface area contributed by atoms with E-state index in [0.717, 1.165) is 11.3 Å². The molecule has 1 aliphatic heterocycles. The Kier molecular flexibility index (Phi) is 6.19. The van der Waals surface area contributed by atoms with Crippen molar-refractivity contribution in [3.8, 4) is 0 Å². The zero-order valence-electron chi connectivity index (χ0n) is 16.0. The number of hydrogen-bond donors (Lipinski definition) is 0. The normalized spacial score (nSPS) is 14.1. The van der Waals surface area contributed by atoms with E-state index in [1.54, 1.807) is 17.2 Å². The van der Waals surface area contributed by atoms with Crippen LogP contribution in [-0.4, -0.2) is 63.2 Å². The number of benzene rings is 1. The van der Waals surface area contributed by atoms with E-state index in [2.05, 4.69) is 28.1 Å². The third-order valence-electron chi connectivity index (χ3n) is 4.58. The minimum absolute atomic E-state index is 0.0550. The molecule has 0 bridgehead atoms. The first-order valence-corrected chi connectivity index (χ1v) is 9.33. The summed E-state index contributed by atoms with van der Waals surface area (Å²) in [5.41, 5.74) is 2.81. The highest BCUT2D eigenvalue weighted by Crippen LogP contribution is 2.26. The van der Waals surface area contributed by atoms with Gasteiger partial charge in [-0.1, -0.05) is 23.7 Å². The fourth-order valence-corrected chi connectivity index (χ4v) is 3.37. The molecule has 0 spiro atoms. The van der Waals surface area contributed by atoms with Crippen LogP contribution in [0, 0.1) is 0 Å². The number of anilines is 2. The molecule has 27 heavy (non-hydrogen) atoms. The minimum Gasteiger partial charge on any atom is -0.378 e. The number of morpholine rings is 1. The highest BCUT2D eigenvalue weighted by Gasteiger charge is 2.20. The lowest BCUT2D eigenvalue weighted by atomic mass is 10.2. The smallest absolute Gasteiger partial charge is 0.255 e. The molecule has 2 heterocycles. The first-order valence-electron chi connectivity index (χ1n) is 8.95. The van der Waals surface area contributed by atoms with Crippen LogP contribution in [0.3, 0.4) is 0 Å². The van der Waals surface area contributed by atoms with Gasteiger partial charge in [0.05, 0.1) is 23.8 Å². The van der Waals surface area contributed by atoms with Gasteiger partial charge in [-0.05, 0) is 23.8 Å². The number of amides is 1. The summed E-state index contributed by atoms with van der Waals surface area (Å²) >= 11 is 6.45. The standard InChI is InChI=1S/C20H25ClN4O2/c1-23(2)17-6-4-5-15(11-17)14-24(3)19-18(21)12-16(13-22-19)20(26)25-7-9-27-10-8-25/h4-6,11-13H,7-10,14H2,1-3H3. The molecule has 0 aliphatic carbocycles. The summed E-state index contributed by atoms with van der Waals surface area (Å²) in [7, 11) is 5.98. The largest absolute Gasteiger partial charge is 0.378 e. The molecule has 0 radical (unpaired) electrons. The molecule has 1 amide bonds. The molecule has 1 aromatic carbocycles. The number of rotatable bonds is 5. The van der Waals surface area contributed by atoms with Crippen molar-refractivity contribution in [3.05, 3.63) is 52.7 Å². The van der Waals surface area contributed by atoms with Crippen LogP contribution in [0.15, 0.2) is 36.5 Å². The van der Waals surface area contributed by atoms with Crippen LogP contribution in [-0.2, 0) is 11.3 Å². The van der Waals surface area contributed by atoms with Crippen LogP contribution in [0.4, 0.5) is 11.5 Å². The Morgan fingerprint density at radius 2 is 1.96 bits per heavy atom. The number of halogens is 1. The molecule has 0 atom stereocenters. The SMILES string of the molecule is CN(C)c1cccc(CN(C)c2ncc(C(=O)N3CCOCC3)cc2Cl)c1. The number of carbonyl (C=O) groups excluding carboxylic acids is 1. The third kappa shape index (κ3) is 4.70. The Bertz CT molecular complexity index is 806. The summed E-state index contributed by atoms with van der Waals surface area (Å²) in [5, 5.41) is 0.473. The molecule has 0 saturated carbocycles. The van der Waals surface area contributed by atoms with E-state index in [0.29, 0.717) is 49.3 Å². The number of ether oxygens (including phenoxy) is 1. The summed E-state index contributed by atoms with van der Waals surface area (Å²) in [6.07, 6.45) is 1.60. The average molecular weight is 389 g/mol. The van der Waals surface area contributed by atoms with Gasteiger partial charge in [-0.15, -0.1) is 0 Å². The molecule has 2 aromatic rings. The molecule has 1 aliphatic rings.